The number of hydrogen-bond acceptors (Lipinski definition) is 5. The molecule has 0 radical (unpaired) electrons. The molecule has 3 aromatic carbocycles. The average molecular weight is 393 g/mol. The smallest absolute Gasteiger partial charge is 0.313 e. The Bertz CT molecular complexity index is 1090. The number of aliphatic hydroxyl groups is 1. The molecule has 0 aliphatic heterocycles. The summed E-state index contributed by atoms with van der Waals surface area (Å²) in [6.07, 6.45) is -0.987. The van der Waals surface area contributed by atoms with E-state index in [1.54, 1.807) is 13.0 Å². The number of nitro benzene ring substituents is 1. The zero-order valence-corrected chi connectivity index (χ0v) is 15.6. The van der Waals surface area contributed by atoms with Crippen molar-refractivity contribution in [1.29, 1.82) is 0 Å². The van der Waals surface area contributed by atoms with Gasteiger partial charge in [-0.2, -0.15) is 0 Å². The number of nitrogens with one attached hydrogen (secondary N) is 2. The van der Waals surface area contributed by atoms with E-state index in [0.29, 0.717) is 16.8 Å². The van der Waals surface area contributed by atoms with Crippen LogP contribution in [0.4, 0.5) is 11.4 Å². The van der Waals surface area contributed by atoms with Crippen LogP contribution >= 0.6 is 0 Å². The molecule has 3 rings (SSSR count). The molecule has 0 aliphatic carbocycles. The summed E-state index contributed by atoms with van der Waals surface area (Å²) in [7, 11) is 0. The lowest BCUT2D eigenvalue weighted by atomic mass is 10.0. The maximum absolute atomic E-state index is 12.1. The predicted octanol–water partition coefficient (Wildman–Crippen LogP) is 2.84. The minimum Gasteiger partial charge on any atom is -0.387 e. The standard InChI is InChI=1S/C21H19N3O5/c1-13-11-15(24(28)29)9-10-18(13)23-21(27)20(26)22-12-19(25)17-8-4-6-14-5-2-3-7-16(14)17/h2-11,19,25H,12H2,1H3,(H,22,26)(H,23,27). The lowest BCUT2D eigenvalue weighted by molar-refractivity contribution is -0.384. The number of fused-ring (bicyclic) bond motifs is 1. The average Bonchev–Trinajstić information content (AvgIpc) is 2.72. The van der Waals surface area contributed by atoms with Crippen LogP contribution in [0.5, 0.6) is 0 Å². The first-order valence-corrected chi connectivity index (χ1v) is 8.87. The summed E-state index contributed by atoms with van der Waals surface area (Å²) in [5.74, 6) is -1.84. The SMILES string of the molecule is Cc1cc([N+](=O)[O-])ccc1NC(=O)C(=O)NCC(O)c1cccc2ccccc12. The van der Waals surface area contributed by atoms with Crippen LogP contribution < -0.4 is 10.6 Å². The molecule has 0 fully saturated rings. The Balaban J connectivity index is 1.63. The van der Waals surface area contributed by atoms with E-state index in [9.17, 15) is 24.8 Å². The van der Waals surface area contributed by atoms with Gasteiger partial charge >= 0.3 is 11.8 Å². The highest BCUT2D eigenvalue weighted by Gasteiger charge is 2.18. The Morgan fingerprint density at radius 2 is 1.79 bits per heavy atom. The van der Waals surface area contributed by atoms with E-state index in [4.69, 9.17) is 0 Å². The summed E-state index contributed by atoms with van der Waals surface area (Å²) in [6, 6.07) is 17.0. The second-order valence-electron chi connectivity index (χ2n) is 6.50. The molecule has 0 aliphatic rings. The number of carbonyl (C=O) groups excluding carboxylic acids is 2. The molecule has 1 unspecified atom stereocenters. The number of non-ortho nitro benzene ring substituents is 1. The number of aliphatic hydroxyl groups excluding tert-OH is 1. The number of nitro groups is 1. The molecular formula is C21H19N3O5. The number of anilines is 1. The molecule has 8 nitrogen and oxygen atoms in total. The quantitative estimate of drug-likeness (QED) is 0.350. The van der Waals surface area contributed by atoms with Crippen LogP contribution in [-0.4, -0.2) is 28.4 Å². The predicted molar refractivity (Wildman–Crippen MR) is 108 cm³/mol. The Labute approximate surface area is 166 Å². The van der Waals surface area contributed by atoms with Crippen LogP contribution in [0.25, 0.3) is 10.8 Å². The van der Waals surface area contributed by atoms with Crippen molar-refractivity contribution in [2.75, 3.05) is 11.9 Å². The van der Waals surface area contributed by atoms with Crippen LogP contribution in [0.15, 0.2) is 60.7 Å². The van der Waals surface area contributed by atoms with E-state index in [1.165, 1.54) is 18.2 Å². The fourth-order valence-corrected chi connectivity index (χ4v) is 3.00. The van der Waals surface area contributed by atoms with E-state index >= 15 is 0 Å². The van der Waals surface area contributed by atoms with Gasteiger partial charge in [0, 0.05) is 24.4 Å². The summed E-state index contributed by atoms with van der Waals surface area (Å²) < 4.78 is 0. The monoisotopic (exact) mass is 393 g/mol. The first-order chi connectivity index (χ1) is 13.9. The third-order valence-electron chi connectivity index (χ3n) is 4.51. The maximum Gasteiger partial charge on any atom is 0.313 e. The molecular weight excluding hydrogens is 374 g/mol. The van der Waals surface area contributed by atoms with Gasteiger partial charge in [0.2, 0.25) is 0 Å². The van der Waals surface area contributed by atoms with Gasteiger partial charge < -0.3 is 15.7 Å². The number of benzene rings is 3. The molecule has 8 heteroatoms. The van der Waals surface area contributed by atoms with E-state index in [2.05, 4.69) is 10.6 Å². The highest BCUT2D eigenvalue weighted by molar-refractivity contribution is 6.39. The van der Waals surface area contributed by atoms with Gasteiger partial charge in [0.25, 0.3) is 5.69 Å². The highest BCUT2D eigenvalue weighted by atomic mass is 16.6. The summed E-state index contributed by atoms with van der Waals surface area (Å²) in [6.45, 7) is 1.45. The van der Waals surface area contributed by atoms with E-state index in [0.717, 1.165) is 10.8 Å². The largest absolute Gasteiger partial charge is 0.387 e. The van der Waals surface area contributed by atoms with E-state index in [1.807, 2.05) is 36.4 Å². The lowest BCUT2D eigenvalue weighted by Gasteiger charge is -2.15. The first-order valence-electron chi connectivity index (χ1n) is 8.87. The molecule has 29 heavy (non-hydrogen) atoms. The van der Waals surface area contributed by atoms with Crippen molar-refractivity contribution >= 4 is 34.0 Å². The third-order valence-corrected chi connectivity index (χ3v) is 4.51. The number of carbonyl (C=O) groups is 2. The number of nitrogens with zero attached hydrogens (tertiary/aromatic N) is 1. The molecule has 0 heterocycles. The summed E-state index contributed by atoms with van der Waals surface area (Å²) >= 11 is 0. The second kappa shape index (κ2) is 8.49. The number of hydrogen-bond donors (Lipinski definition) is 3. The van der Waals surface area contributed by atoms with Gasteiger partial charge in [0.05, 0.1) is 11.0 Å². The van der Waals surface area contributed by atoms with Crippen LogP contribution in [0.3, 0.4) is 0 Å². The topological polar surface area (TPSA) is 122 Å². The fourth-order valence-electron chi connectivity index (χ4n) is 3.00. The Morgan fingerprint density at radius 1 is 1.07 bits per heavy atom. The summed E-state index contributed by atoms with van der Waals surface area (Å²) in [5, 5.41) is 27.9. The van der Waals surface area contributed by atoms with Crippen molar-refractivity contribution in [3.8, 4) is 0 Å². The van der Waals surface area contributed by atoms with Gasteiger partial charge in [-0.1, -0.05) is 42.5 Å². The molecule has 0 saturated carbocycles. The summed E-state index contributed by atoms with van der Waals surface area (Å²) in [5.41, 5.74) is 1.29. The molecule has 3 N–H and O–H groups in total. The van der Waals surface area contributed by atoms with Crippen molar-refractivity contribution in [1.82, 2.24) is 5.32 Å². The van der Waals surface area contributed by atoms with E-state index in [-0.39, 0.29) is 12.2 Å². The number of amides is 2. The van der Waals surface area contributed by atoms with Crippen molar-refractivity contribution < 1.29 is 19.6 Å². The Morgan fingerprint density at radius 3 is 2.52 bits per heavy atom. The van der Waals surface area contributed by atoms with Gasteiger partial charge in [-0.05, 0) is 34.9 Å². The number of aryl methyl sites for hydroxylation is 1. The molecule has 0 aromatic heterocycles. The number of rotatable bonds is 5. The van der Waals surface area contributed by atoms with Crippen molar-refractivity contribution in [2.45, 2.75) is 13.0 Å². The van der Waals surface area contributed by atoms with Gasteiger partial charge in [-0.3, -0.25) is 19.7 Å². The van der Waals surface area contributed by atoms with Crippen LogP contribution in [0.2, 0.25) is 0 Å². The van der Waals surface area contributed by atoms with Crippen molar-refractivity contribution in [3.05, 3.63) is 81.9 Å². The molecule has 0 spiro atoms. The normalized spacial score (nSPS) is 11.7. The zero-order chi connectivity index (χ0) is 21.0. The second-order valence-corrected chi connectivity index (χ2v) is 6.50. The highest BCUT2D eigenvalue weighted by Crippen LogP contribution is 2.24. The molecule has 148 valence electrons. The van der Waals surface area contributed by atoms with Crippen LogP contribution in [0.1, 0.15) is 17.2 Å². The minimum atomic E-state index is -0.987. The van der Waals surface area contributed by atoms with E-state index < -0.39 is 22.8 Å². The summed E-state index contributed by atoms with van der Waals surface area (Å²) in [4.78, 5) is 34.4. The molecule has 1 atom stereocenters. The molecule has 2 amide bonds. The van der Waals surface area contributed by atoms with Crippen molar-refractivity contribution in [2.24, 2.45) is 0 Å². The third kappa shape index (κ3) is 4.56. The van der Waals surface area contributed by atoms with Crippen LogP contribution in [0, 0.1) is 17.0 Å². The van der Waals surface area contributed by atoms with Gasteiger partial charge in [-0.15, -0.1) is 0 Å². The Kier molecular flexibility index (Phi) is 5.85. The molecule has 3 aromatic rings. The first kappa shape index (κ1) is 20.0. The molecule has 0 bridgehead atoms. The minimum absolute atomic E-state index is 0.108. The van der Waals surface area contributed by atoms with Crippen LogP contribution in [-0.2, 0) is 9.59 Å². The maximum atomic E-state index is 12.1. The van der Waals surface area contributed by atoms with Gasteiger partial charge in [-0.25, -0.2) is 0 Å². The van der Waals surface area contributed by atoms with Gasteiger partial charge in [0.1, 0.15) is 0 Å². The zero-order valence-electron chi connectivity index (χ0n) is 15.6. The fraction of sp³-hybridized carbons (Fsp3) is 0.143. The molecule has 0 saturated heterocycles. The lowest BCUT2D eigenvalue weighted by Crippen LogP contribution is -2.37. The van der Waals surface area contributed by atoms with Gasteiger partial charge in [0.15, 0.2) is 0 Å². The van der Waals surface area contributed by atoms with Crippen molar-refractivity contribution in [3.63, 3.8) is 0 Å². The Hall–Kier alpha value is -3.78.